The Balaban J connectivity index is 2.62. The van der Waals surface area contributed by atoms with E-state index in [9.17, 15) is 14.9 Å². The molecular weight excluding hydrogens is 234 g/mol. The molecule has 1 aromatic carbocycles. The summed E-state index contributed by atoms with van der Waals surface area (Å²) in [6.07, 6.45) is 1.63. The molecule has 0 aliphatic carbocycles. The number of nitro groups is 1. The molecule has 6 nitrogen and oxygen atoms in total. The van der Waals surface area contributed by atoms with Gasteiger partial charge in [0.25, 0.3) is 5.69 Å². The molecule has 94 valence electrons. The number of benzene rings is 1. The largest absolute Gasteiger partial charge is 0.330 e. The summed E-state index contributed by atoms with van der Waals surface area (Å²) < 4.78 is 1.46. The second kappa shape index (κ2) is 4.48. The van der Waals surface area contributed by atoms with E-state index in [2.05, 4.69) is 4.98 Å². The number of nitro benzene ring substituents is 1. The molecule has 2 rings (SSSR count). The first kappa shape index (κ1) is 12.1. The second-order valence-electron chi connectivity index (χ2n) is 4.29. The first-order valence-corrected chi connectivity index (χ1v) is 5.56. The highest BCUT2D eigenvalue weighted by molar-refractivity contribution is 5.44. The first-order valence-electron chi connectivity index (χ1n) is 5.56. The van der Waals surface area contributed by atoms with Gasteiger partial charge >= 0.3 is 5.69 Å². The van der Waals surface area contributed by atoms with Crippen molar-refractivity contribution < 1.29 is 4.92 Å². The van der Waals surface area contributed by atoms with E-state index in [0.717, 1.165) is 5.69 Å². The first-order chi connectivity index (χ1) is 8.50. The predicted molar refractivity (Wildman–Crippen MR) is 67.1 cm³/mol. The fourth-order valence-electron chi connectivity index (χ4n) is 1.82. The van der Waals surface area contributed by atoms with Crippen LogP contribution in [0.2, 0.25) is 0 Å². The molecule has 0 saturated heterocycles. The molecule has 1 N–H and O–H groups in total. The Morgan fingerprint density at radius 2 is 2.11 bits per heavy atom. The van der Waals surface area contributed by atoms with Crippen LogP contribution in [0.5, 0.6) is 0 Å². The van der Waals surface area contributed by atoms with E-state index < -0.39 is 4.92 Å². The molecule has 0 amide bonds. The Morgan fingerprint density at radius 1 is 1.39 bits per heavy atom. The fraction of sp³-hybridized carbons (Fsp3) is 0.250. The maximum atomic E-state index is 11.8. The van der Waals surface area contributed by atoms with Crippen LogP contribution in [0.25, 0.3) is 5.69 Å². The van der Waals surface area contributed by atoms with Crippen LogP contribution in [0.15, 0.2) is 35.3 Å². The summed E-state index contributed by atoms with van der Waals surface area (Å²) in [6.45, 7) is 3.91. The predicted octanol–water partition coefficient (Wildman–Crippen LogP) is 2.20. The van der Waals surface area contributed by atoms with Gasteiger partial charge in [0.15, 0.2) is 0 Å². The molecule has 0 spiro atoms. The van der Waals surface area contributed by atoms with Gasteiger partial charge in [-0.3, -0.25) is 14.7 Å². The Labute approximate surface area is 103 Å². The molecule has 0 aliphatic heterocycles. The summed E-state index contributed by atoms with van der Waals surface area (Å²) in [7, 11) is 0. The highest BCUT2D eigenvalue weighted by Gasteiger charge is 2.14. The molecule has 0 unspecified atom stereocenters. The lowest BCUT2D eigenvalue weighted by Gasteiger charge is -2.09. The molecule has 0 saturated carbocycles. The molecule has 1 heterocycles. The quantitative estimate of drug-likeness (QED) is 0.666. The third-order valence-electron chi connectivity index (χ3n) is 2.70. The maximum absolute atomic E-state index is 11.8. The lowest BCUT2D eigenvalue weighted by Crippen LogP contribution is -2.17. The van der Waals surface area contributed by atoms with E-state index >= 15 is 0 Å². The van der Waals surface area contributed by atoms with Crippen LogP contribution in [-0.2, 0) is 0 Å². The lowest BCUT2D eigenvalue weighted by atomic mass is 10.1. The number of non-ortho nitro benzene ring substituents is 1. The molecular formula is C12H13N3O3. The van der Waals surface area contributed by atoms with E-state index in [4.69, 9.17) is 0 Å². The summed E-state index contributed by atoms with van der Waals surface area (Å²) in [6, 6.07) is 6.03. The van der Waals surface area contributed by atoms with Gasteiger partial charge in [-0.15, -0.1) is 0 Å². The monoisotopic (exact) mass is 247 g/mol. The van der Waals surface area contributed by atoms with Crippen molar-refractivity contribution in [1.82, 2.24) is 9.55 Å². The standard InChI is InChI=1S/C12H13N3O3/c1-8(2)11-7-13-12(16)14(11)9-4-3-5-10(6-9)15(17)18/h3-8H,1-2H3,(H,13,16). The molecule has 0 atom stereocenters. The molecule has 1 aromatic heterocycles. The van der Waals surface area contributed by atoms with Crippen molar-refractivity contribution in [2.24, 2.45) is 0 Å². The van der Waals surface area contributed by atoms with E-state index in [1.165, 1.54) is 16.7 Å². The van der Waals surface area contributed by atoms with Crippen molar-refractivity contribution in [2.45, 2.75) is 19.8 Å². The summed E-state index contributed by atoms with van der Waals surface area (Å²) in [5.74, 6) is 0.142. The summed E-state index contributed by atoms with van der Waals surface area (Å²) in [5, 5.41) is 10.7. The van der Waals surface area contributed by atoms with Gasteiger partial charge in [0, 0.05) is 24.0 Å². The van der Waals surface area contributed by atoms with Gasteiger partial charge in [-0.1, -0.05) is 19.9 Å². The Hall–Kier alpha value is -2.37. The minimum atomic E-state index is -0.476. The van der Waals surface area contributed by atoms with Gasteiger partial charge in [-0.05, 0) is 12.0 Å². The zero-order valence-electron chi connectivity index (χ0n) is 10.1. The molecule has 18 heavy (non-hydrogen) atoms. The molecule has 0 radical (unpaired) electrons. The number of aromatic amines is 1. The molecule has 0 fully saturated rings. The van der Waals surface area contributed by atoms with E-state index in [1.807, 2.05) is 13.8 Å². The van der Waals surface area contributed by atoms with Crippen LogP contribution in [0.4, 0.5) is 5.69 Å². The topological polar surface area (TPSA) is 80.9 Å². The zero-order valence-corrected chi connectivity index (χ0v) is 10.1. The van der Waals surface area contributed by atoms with Crippen molar-refractivity contribution in [2.75, 3.05) is 0 Å². The SMILES string of the molecule is CC(C)c1c[nH]c(=O)n1-c1cccc([N+](=O)[O-])c1. The maximum Gasteiger partial charge on any atom is 0.330 e. The molecule has 0 bridgehead atoms. The third kappa shape index (κ3) is 2.04. The van der Waals surface area contributed by atoms with Crippen LogP contribution in [-0.4, -0.2) is 14.5 Å². The number of H-pyrrole nitrogens is 1. The van der Waals surface area contributed by atoms with Crippen molar-refractivity contribution in [1.29, 1.82) is 0 Å². The van der Waals surface area contributed by atoms with Crippen molar-refractivity contribution >= 4 is 5.69 Å². The van der Waals surface area contributed by atoms with Crippen LogP contribution < -0.4 is 5.69 Å². The van der Waals surface area contributed by atoms with Gasteiger partial charge in [0.1, 0.15) is 0 Å². The van der Waals surface area contributed by atoms with E-state index in [0.29, 0.717) is 5.69 Å². The van der Waals surface area contributed by atoms with Gasteiger partial charge in [-0.25, -0.2) is 4.79 Å². The number of nitrogens with zero attached hydrogens (tertiary/aromatic N) is 2. The number of hydrogen-bond acceptors (Lipinski definition) is 3. The molecule has 6 heteroatoms. The normalized spacial score (nSPS) is 10.8. The Kier molecular flexibility index (Phi) is 3.01. The average Bonchev–Trinajstić information content (AvgIpc) is 2.71. The van der Waals surface area contributed by atoms with Crippen molar-refractivity contribution in [3.8, 4) is 5.69 Å². The molecule has 2 aromatic rings. The van der Waals surface area contributed by atoms with Gasteiger partial charge in [-0.2, -0.15) is 0 Å². The summed E-state index contributed by atoms with van der Waals surface area (Å²) >= 11 is 0. The Morgan fingerprint density at radius 3 is 2.72 bits per heavy atom. The number of nitrogens with one attached hydrogen (secondary N) is 1. The second-order valence-corrected chi connectivity index (χ2v) is 4.29. The number of imidazole rings is 1. The average molecular weight is 247 g/mol. The molecule has 0 aliphatic rings. The number of hydrogen-bond donors (Lipinski definition) is 1. The fourth-order valence-corrected chi connectivity index (χ4v) is 1.82. The van der Waals surface area contributed by atoms with Crippen LogP contribution in [0, 0.1) is 10.1 Å². The lowest BCUT2D eigenvalue weighted by molar-refractivity contribution is -0.384. The van der Waals surface area contributed by atoms with Crippen LogP contribution in [0.3, 0.4) is 0 Å². The highest BCUT2D eigenvalue weighted by atomic mass is 16.6. The highest BCUT2D eigenvalue weighted by Crippen LogP contribution is 2.20. The van der Waals surface area contributed by atoms with E-state index in [1.54, 1.807) is 18.3 Å². The minimum Gasteiger partial charge on any atom is -0.312 e. The van der Waals surface area contributed by atoms with Crippen LogP contribution in [0.1, 0.15) is 25.5 Å². The van der Waals surface area contributed by atoms with Crippen molar-refractivity contribution in [3.63, 3.8) is 0 Å². The van der Waals surface area contributed by atoms with Gasteiger partial charge in [0.2, 0.25) is 0 Å². The number of aromatic nitrogens is 2. The summed E-state index contributed by atoms with van der Waals surface area (Å²) in [4.78, 5) is 24.6. The van der Waals surface area contributed by atoms with E-state index in [-0.39, 0.29) is 17.3 Å². The number of rotatable bonds is 3. The van der Waals surface area contributed by atoms with Crippen LogP contribution >= 0.6 is 0 Å². The van der Waals surface area contributed by atoms with Gasteiger partial charge < -0.3 is 4.98 Å². The van der Waals surface area contributed by atoms with Gasteiger partial charge in [0.05, 0.1) is 10.6 Å². The zero-order chi connectivity index (χ0) is 13.3. The Bertz CT molecular complexity index is 640. The third-order valence-corrected chi connectivity index (χ3v) is 2.70. The van der Waals surface area contributed by atoms with Crippen molar-refractivity contribution in [3.05, 3.63) is 56.8 Å². The minimum absolute atomic E-state index is 0.0321. The smallest absolute Gasteiger partial charge is 0.312 e. The summed E-state index contributed by atoms with van der Waals surface area (Å²) in [5.41, 5.74) is 0.967.